The van der Waals surface area contributed by atoms with E-state index in [2.05, 4.69) is 5.32 Å². The Hall–Kier alpha value is -1.49. The Balaban J connectivity index is 2.47. The Bertz CT molecular complexity index is 374. The zero-order chi connectivity index (χ0) is 12.8. The van der Waals surface area contributed by atoms with E-state index in [-0.39, 0.29) is 5.56 Å². The topological polar surface area (TPSA) is 32.3 Å². The minimum absolute atomic E-state index is 0.00681. The molecule has 0 aromatic heterocycles. The van der Waals surface area contributed by atoms with Gasteiger partial charge in [0.25, 0.3) is 5.91 Å². The molecule has 0 spiro atoms. The first-order chi connectivity index (χ1) is 7.99. The van der Waals surface area contributed by atoms with Crippen molar-refractivity contribution in [3.8, 4) is 0 Å². The SMILES string of the molecule is CN(C)CCCNC(=O)c1cc(F)cc(F)c1. The van der Waals surface area contributed by atoms with Gasteiger partial charge in [-0.05, 0) is 39.2 Å². The first-order valence-corrected chi connectivity index (χ1v) is 5.38. The molecule has 0 heterocycles. The van der Waals surface area contributed by atoms with Crippen molar-refractivity contribution in [2.75, 3.05) is 27.2 Å². The lowest BCUT2D eigenvalue weighted by atomic mass is 10.2. The van der Waals surface area contributed by atoms with Crippen LogP contribution >= 0.6 is 0 Å². The van der Waals surface area contributed by atoms with Gasteiger partial charge in [-0.2, -0.15) is 0 Å². The fraction of sp³-hybridized carbons (Fsp3) is 0.417. The highest BCUT2D eigenvalue weighted by Crippen LogP contribution is 2.07. The predicted molar refractivity (Wildman–Crippen MR) is 61.9 cm³/mol. The molecular weight excluding hydrogens is 226 g/mol. The van der Waals surface area contributed by atoms with Crippen molar-refractivity contribution >= 4 is 5.91 Å². The Kier molecular flexibility index (Phi) is 5.03. The highest BCUT2D eigenvalue weighted by Gasteiger charge is 2.08. The number of rotatable bonds is 5. The summed E-state index contributed by atoms with van der Waals surface area (Å²) in [5.74, 6) is -1.95. The molecule has 5 heteroatoms. The van der Waals surface area contributed by atoms with Gasteiger partial charge in [0.15, 0.2) is 0 Å². The Labute approximate surface area is 99.4 Å². The molecule has 1 rings (SSSR count). The van der Waals surface area contributed by atoms with Crippen molar-refractivity contribution < 1.29 is 13.6 Å². The quantitative estimate of drug-likeness (QED) is 0.796. The summed E-state index contributed by atoms with van der Waals surface area (Å²) < 4.78 is 25.7. The first kappa shape index (κ1) is 13.6. The molecule has 1 N–H and O–H groups in total. The van der Waals surface area contributed by atoms with Crippen molar-refractivity contribution in [1.82, 2.24) is 10.2 Å². The molecule has 0 aliphatic heterocycles. The lowest BCUT2D eigenvalue weighted by Gasteiger charge is -2.09. The summed E-state index contributed by atoms with van der Waals surface area (Å²) in [6.45, 7) is 1.33. The lowest BCUT2D eigenvalue weighted by Crippen LogP contribution is -2.27. The van der Waals surface area contributed by atoms with Gasteiger partial charge in [0, 0.05) is 18.2 Å². The maximum Gasteiger partial charge on any atom is 0.251 e. The maximum absolute atomic E-state index is 12.9. The molecule has 3 nitrogen and oxygen atoms in total. The van der Waals surface area contributed by atoms with Crippen LogP contribution in [0, 0.1) is 11.6 Å². The van der Waals surface area contributed by atoms with Gasteiger partial charge >= 0.3 is 0 Å². The van der Waals surface area contributed by atoms with Gasteiger partial charge < -0.3 is 10.2 Å². The standard InChI is InChI=1S/C12H16F2N2O/c1-16(2)5-3-4-15-12(17)9-6-10(13)8-11(14)7-9/h6-8H,3-5H2,1-2H3,(H,15,17). The van der Waals surface area contributed by atoms with Crippen LogP contribution in [-0.4, -0.2) is 38.0 Å². The molecular formula is C12H16F2N2O. The molecule has 1 amide bonds. The van der Waals surface area contributed by atoms with Crippen LogP contribution < -0.4 is 5.32 Å². The number of hydrogen-bond donors (Lipinski definition) is 1. The second kappa shape index (κ2) is 6.30. The minimum Gasteiger partial charge on any atom is -0.352 e. The molecule has 0 saturated heterocycles. The summed E-state index contributed by atoms with van der Waals surface area (Å²) in [4.78, 5) is 13.5. The highest BCUT2D eigenvalue weighted by atomic mass is 19.1. The zero-order valence-corrected chi connectivity index (χ0v) is 9.96. The fourth-order valence-corrected chi connectivity index (χ4v) is 1.38. The van der Waals surface area contributed by atoms with Crippen molar-refractivity contribution in [3.63, 3.8) is 0 Å². The van der Waals surface area contributed by atoms with Crippen LogP contribution in [0.5, 0.6) is 0 Å². The molecule has 0 radical (unpaired) electrons. The van der Waals surface area contributed by atoms with Gasteiger partial charge in [0.1, 0.15) is 11.6 Å². The third-order valence-electron chi connectivity index (χ3n) is 2.19. The van der Waals surface area contributed by atoms with Crippen LogP contribution in [0.1, 0.15) is 16.8 Å². The van der Waals surface area contributed by atoms with Crippen LogP contribution in [0.15, 0.2) is 18.2 Å². The summed E-state index contributed by atoms with van der Waals surface area (Å²) >= 11 is 0. The van der Waals surface area contributed by atoms with Crippen LogP contribution in [0.3, 0.4) is 0 Å². The second-order valence-electron chi connectivity index (χ2n) is 4.07. The third kappa shape index (κ3) is 4.91. The summed E-state index contributed by atoms with van der Waals surface area (Å²) in [6, 6.07) is 2.78. The second-order valence-corrected chi connectivity index (χ2v) is 4.07. The van der Waals surface area contributed by atoms with Crippen LogP contribution in [-0.2, 0) is 0 Å². The van der Waals surface area contributed by atoms with Crippen LogP contribution in [0.25, 0.3) is 0 Å². The fourth-order valence-electron chi connectivity index (χ4n) is 1.38. The summed E-state index contributed by atoms with van der Waals surface area (Å²) in [5.41, 5.74) is 0.00681. The van der Waals surface area contributed by atoms with E-state index in [1.807, 2.05) is 19.0 Å². The van der Waals surface area contributed by atoms with Gasteiger partial charge in [-0.25, -0.2) is 8.78 Å². The molecule has 0 fully saturated rings. The van der Waals surface area contributed by atoms with E-state index in [4.69, 9.17) is 0 Å². The molecule has 94 valence electrons. The summed E-state index contributed by atoms with van der Waals surface area (Å²) in [7, 11) is 3.87. The van der Waals surface area contributed by atoms with Gasteiger partial charge in [-0.1, -0.05) is 0 Å². The van der Waals surface area contributed by atoms with E-state index in [0.717, 1.165) is 31.2 Å². The molecule has 0 bridgehead atoms. The number of carbonyl (C=O) groups is 1. The van der Waals surface area contributed by atoms with Crippen molar-refractivity contribution in [2.24, 2.45) is 0 Å². The molecule has 0 saturated carbocycles. The number of nitrogens with one attached hydrogen (secondary N) is 1. The van der Waals surface area contributed by atoms with Crippen LogP contribution in [0.2, 0.25) is 0 Å². The average molecular weight is 242 g/mol. The molecule has 0 aliphatic carbocycles. The van der Waals surface area contributed by atoms with Gasteiger partial charge in [-0.15, -0.1) is 0 Å². The van der Waals surface area contributed by atoms with E-state index >= 15 is 0 Å². The van der Waals surface area contributed by atoms with E-state index in [1.54, 1.807) is 0 Å². The van der Waals surface area contributed by atoms with Gasteiger partial charge in [-0.3, -0.25) is 4.79 Å². The largest absolute Gasteiger partial charge is 0.352 e. The van der Waals surface area contributed by atoms with Crippen molar-refractivity contribution in [1.29, 1.82) is 0 Å². The molecule has 1 aromatic carbocycles. The number of benzene rings is 1. The van der Waals surface area contributed by atoms with E-state index < -0.39 is 17.5 Å². The number of carbonyl (C=O) groups excluding carboxylic acids is 1. The molecule has 0 aliphatic rings. The monoisotopic (exact) mass is 242 g/mol. The molecule has 17 heavy (non-hydrogen) atoms. The zero-order valence-electron chi connectivity index (χ0n) is 9.96. The maximum atomic E-state index is 12.9. The molecule has 1 aromatic rings. The number of nitrogens with zero attached hydrogens (tertiary/aromatic N) is 1. The summed E-state index contributed by atoms with van der Waals surface area (Å²) in [6.07, 6.45) is 0.788. The summed E-state index contributed by atoms with van der Waals surface area (Å²) in [5, 5.41) is 2.61. The molecule has 0 atom stereocenters. The van der Waals surface area contributed by atoms with Gasteiger partial charge in [0.05, 0.1) is 0 Å². The predicted octanol–water partition coefficient (Wildman–Crippen LogP) is 1.65. The number of halogens is 2. The Morgan fingerprint density at radius 1 is 1.24 bits per heavy atom. The first-order valence-electron chi connectivity index (χ1n) is 5.38. The highest BCUT2D eigenvalue weighted by molar-refractivity contribution is 5.94. The average Bonchev–Trinajstić information content (AvgIpc) is 2.22. The van der Waals surface area contributed by atoms with Gasteiger partial charge in [0.2, 0.25) is 0 Å². The lowest BCUT2D eigenvalue weighted by molar-refractivity contribution is 0.0951. The van der Waals surface area contributed by atoms with E-state index in [1.165, 1.54) is 0 Å². The van der Waals surface area contributed by atoms with E-state index in [0.29, 0.717) is 6.54 Å². The normalized spacial score (nSPS) is 10.6. The number of amides is 1. The van der Waals surface area contributed by atoms with E-state index in [9.17, 15) is 13.6 Å². The Morgan fingerprint density at radius 2 is 1.82 bits per heavy atom. The third-order valence-corrected chi connectivity index (χ3v) is 2.19. The Morgan fingerprint density at radius 3 is 2.35 bits per heavy atom. The molecule has 0 unspecified atom stereocenters. The van der Waals surface area contributed by atoms with Crippen molar-refractivity contribution in [2.45, 2.75) is 6.42 Å². The smallest absolute Gasteiger partial charge is 0.251 e. The number of hydrogen-bond acceptors (Lipinski definition) is 2. The minimum atomic E-state index is -0.747. The van der Waals surface area contributed by atoms with Crippen LogP contribution in [0.4, 0.5) is 8.78 Å². The van der Waals surface area contributed by atoms with Crippen molar-refractivity contribution in [3.05, 3.63) is 35.4 Å².